The SMILES string of the molecule is Cc1cc(C)c(NC(=O)[C@H](C)OC(=O)c2ccc(-c3ccc(O)cc3)cc2)c(C)c1. The zero-order valence-corrected chi connectivity index (χ0v) is 17.5. The second-order valence-electron chi connectivity index (χ2n) is 7.43. The molecule has 3 rings (SSSR count). The quantitative estimate of drug-likeness (QED) is 0.577. The van der Waals surface area contributed by atoms with E-state index in [0.717, 1.165) is 33.5 Å². The molecule has 2 N–H and O–H groups in total. The van der Waals surface area contributed by atoms with E-state index in [2.05, 4.69) is 5.32 Å². The lowest BCUT2D eigenvalue weighted by Crippen LogP contribution is -2.30. The topological polar surface area (TPSA) is 75.6 Å². The van der Waals surface area contributed by atoms with Crippen molar-refractivity contribution < 1.29 is 19.4 Å². The van der Waals surface area contributed by atoms with Crippen molar-refractivity contribution in [3.05, 3.63) is 82.9 Å². The lowest BCUT2D eigenvalue weighted by Gasteiger charge is -2.17. The smallest absolute Gasteiger partial charge is 0.338 e. The number of benzene rings is 3. The van der Waals surface area contributed by atoms with Crippen LogP contribution in [-0.4, -0.2) is 23.1 Å². The minimum atomic E-state index is -0.936. The number of anilines is 1. The summed E-state index contributed by atoms with van der Waals surface area (Å²) in [4.78, 5) is 25.0. The van der Waals surface area contributed by atoms with E-state index in [1.165, 1.54) is 0 Å². The van der Waals surface area contributed by atoms with E-state index < -0.39 is 12.1 Å². The number of phenols is 1. The zero-order chi connectivity index (χ0) is 21.8. The molecular weight excluding hydrogens is 378 g/mol. The molecule has 1 atom stereocenters. The summed E-state index contributed by atoms with van der Waals surface area (Å²) >= 11 is 0. The summed E-state index contributed by atoms with van der Waals surface area (Å²) in [6.45, 7) is 7.42. The highest BCUT2D eigenvalue weighted by molar-refractivity contribution is 5.98. The maximum atomic E-state index is 12.5. The lowest BCUT2D eigenvalue weighted by molar-refractivity contribution is -0.123. The monoisotopic (exact) mass is 403 g/mol. The number of amides is 1. The van der Waals surface area contributed by atoms with Gasteiger partial charge in [-0.15, -0.1) is 0 Å². The van der Waals surface area contributed by atoms with E-state index in [0.29, 0.717) is 5.56 Å². The van der Waals surface area contributed by atoms with Gasteiger partial charge in [-0.3, -0.25) is 4.79 Å². The van der Waals surface area contributed by atoms with Crippen LogP contribution in [0.25, 0.3) is 11.1 Å². The number of aryl methyl sites for hydroxylation is 3. The van der Waals surface area contributed by atoms with Crippen LogP contribution >= 0.6 is 0 Å². The van der Waals surface area contributed by atoms with Crippen molar-refractivity contribution in [2.75, 3.05) is 5.32 Å². The molecule has 0 saturated carbocycles. The Morgan fingerprint density at radius 1 is 0.867 bits per heavy atom. The normalized spacial score (nSPS) is 11.6. The van der Waals surface area contributed by atoms with Crippen LogP contribution in [0, 0.1) is 20.8 Å². The molecule has 5 heteroatoms. The van der Waals surface area contributed by atoms with Crippen LogP contribution in [0.4, 0.5) is 5.69 Å². The summed E-state index contributed by atoms with van der Waals surface area (Å²) in [7, 11) is 0. The number of hydrogen-bond donors (Lipinski definition) is 2. The molecule has 0 radical (unpaired) electrons. The Bertz CT molecular complexity index is 1050. The Balaban J connectivity index is 1.65. The van der Waals surface area contributed by atoms with Crippen LogP contribution in [0.5, 0.6) is 5.75 Å². The van der Waals surface area contributed by atoms with E-state index in [-0.39, 0.29) is 11.7 Å². The molecule has 0 fully saturated rings. The van der Waals surface area contributed by atoms with E-state index in [1.54, 1.807) is 55.5 Å². The largest absolute Gasteiger partial charge is 0.508 e. The number of hydrogen-bond acceptors (Lipinski definition) is 4. The molecule has 0 bridgehead atoms. The lowest BCUT2D eigenvalue weighted by atomic mass is 10.0. The number of esters is 1. The van der Waals surface area contributed by atoms with Gasteiger partial charge in [-0.1, -0.05) is 42.0 Å². The van der Waals surface area contributed by atoms with Gasteiger partial charge in [0.05, 0.1) is 5.56 Å². The Morgan fingerprint density at radius 3 is 1.90 bits per heavy atom. The molecule has 0 spiro atoms. The average Bonchev–Trinajstić information content (AvgIpc) is 2.71. The van der Waals surface area contributed by atoms with Crippen molar-refractivity contribution >= 4 is 17.6 Å². The molecule has 154 valence electrons. The van der Waals surface area contributed by atoms with Crippen LogP contribution in [0.2, 0.25) is 0 Å². The third-order valence-corrected chi connectivity index (χ3v) is 4.90. The highest BCUT2D eigenvalue weighted by Crippen LogP contribution is 2.24. The highest BCUT2D eigenvalue weighted by atomic mass is 16.5. The number of nitrogens with one attached hydrogen (secondary N) is 1. The van der Waals surface area contributed by atoms with Crippen LogP contribution in [0.1, 0.15) is 34.0 Å². The number of carbonyl (C=O) groups is 2. The van der Waals surface area contributed by atoms with Gasteiger partial charge in [-0.05, 0) is 74.2 Å². The fraction of sp³-hybridized carbons (Fsp3) is 0.200. The van der Waals surface area contributed by atoms with Gasteiger partial charge >= 0.3 is 5.97 Å². The van der Waals surface area contributed by atoms with Gasteiger partial charge in [0.15, 0.2) is 6.10 Å². The Morgan fingerprint density at radius 2 is 1.37 bits per heavy atom. The van der Waals surface area contributed by atoms with Gasteiger partial charge in [0.2, 0.25) is 0 Å². The molecule has 3 aromatic rings. The molecule has 0 unspecified atom stereocenters. The number of ether oxygens (including phenoxy) is 1. The Hall–Kier alpha value is -3.60. The van der Waals surface area contributed by atoms with Crippen molar-refractivity contribution in [3.63, 3.8) is 0 Å². The predicted molar refractivity (Wildman–Crippen MR) is 118 cm³/mol. The van der Waals surface area contributed by atoms with Gasteiger partial charge in [0.25, 0.3) is 5.91 Å². The van der Waals surface area contributed by atoms with Crippen LogP contribution < -0.4 is 5.32 Å². The minimum absolute atomic E-state index is 0.197. The first-order valence-corrected chi connectivity index (χ1v) is 9.74. The fourth-order valence-corrected chi connectivity index (χ4v) is 3.34. The van der Waals surface area contributed by atoms with Crippen molar-refractivity contribution in [3.8, 4) is 16.9 Å². The summed E-state index contributed by atoms with van der Waals surface area (Å²) < 4.78 is 5.35. The molecular formula is C25H25NO4. The Labute approximate surface area is 176 Å². The first-order valence-electron chi connectivity index (χ1n) is 9.74. The number of rotatable bonds is 5. The number of carbonyl (C=O) groups excluding carboxylic acids is 2. The molecule has 5 nitrogen and oxygen atoms in total. The van der Waals surface area contributed by atoms with E-state index >= 15 is 0 Å². The van der Waals surface area contributed by atoms with E-state index in [4.69, 9.17) is 4.74 Å². The zero-order valence-electron chi connectivity index (χ0n) is 17.5. The highest BCUT2D eigenvalue weighted by Gasteiger charge is 2.20. The van der Waals surface area contributed by atoms with Crippen molar-refractivity contribution in [1.82, 2.24) is 0 Å². The number of aromatic hydroxyl groups is 1. The summed E-state index contributed by atoms with van der Waals surface area (Å²) in [5.41, 5.74) is 5.98. The van der Waals surface area contributed by atoms with Crippen molar-refractivity contribution in [2.45, 2.75) is 33.8 Å². The van der Waals surface area contributed by atoms with Crippen molar-refractivity contribution in [1.29, 1.82) is 0 Å². The van der Waals surface area contributed by atoms with Gasteiger partial charge in [-0.2, -0.15) is 0 Å². The molecule has 0 heterocycles. The summed E-state index contributed by atoms with van der Waals surface area (Å²) in [6, 6.07) is 17.7. The van der Waals surface area contributed by atoms with Gasteiger partial charge in [0, 0.05) is 5.69 Å². The van der Waals surface area contributed by atoms with E-state index in [1.807, 2.05) is 32.9 Å². The summed E-state index contributed by atoms with van der Waals surface area (Å²) in [5.74, 6) is -0.742. The summed E-state index contributed by atoms with van der Waals surface area (Å²) in [5, 5.41) is 12.3. The molecule has 0 aliphatic rings. The molecule has 0 saturated heterocycles. The second kappa shape index (κ2) is 8.82. The fourth-order valence-electron chi connectivity index (χ4n) is 3.34. The Kier molecular flexibility index (Phi) is 6.21. The first kappa shape index (κ1) is 21.1. The third-order valence-electron chi connectivity index (χ3n) is 4.90. The standard InChI is InChI=1S/C25H25NO4/c1-15-13-16(2)23(17(3)14-15)26-24(28)18(4)30-25(29)21-7-5-19(6-8-21)20-9-11-22(27)12-10-20/h5-14,18,27H,1-4H3,(H,26,28)/t18-/m0/s1. The number of phenolic OH excluding ortho intramolecular Hbond substituents is 1. The molecule has 3 aromatic carbocycles. The van der Waals surface area contributed by atoms with Crippen LogP contribution in [-0.2, 0) is 9.53 Å². The summed E-state index contributed by atoms with van der Waals surface area (Å²) in [6.07, 6.45) is -0.936. The minimum Gasteiger partial charge on any atom is -0.508 e. The van der Waals surface area contributed by atoms with Gasteiger partial charge in [-0.25, -0.2) is 4.79 Å². The second-order valence-corrected chi connectivity index (χ2v) is 7.43. The molecule has 0 aliphatic carbocycles. The van der Waals surface area contributed by atoms with Gasteiger partial charge < -0.3 is 15.2 Å². The maximum Gasteiger partial charge on any atom is 0.338 e. The predicted octanol–water partition coefficient (Wildman–Crippen LogP) is 5.17. The maximum absolute atomic E-state index is 12.5. The van der Waals surface area contributed by atoms with Crippen LogP contribution in [0.3, 0.4) is 0 Å². The van der Waals surface area contributed by atoms with Crippen molar-refractivity contribution in [2.24, 2.45) is 0 Å². The van der Waals surface area contributed by atoms with Gasteiger partial charge in [0.1, 0.15) is 5.75 Å². The third kappa shape index (κ3) is 4.87. The van der Waals surface area contributed by atoms with Crippen LogP contribution in [0.15, 0.2) is 60.7 Å². The average molecular weight is 403 g/mol. The molecule has 0 aliphatic heterocycles. The van der Waals surface area contributed by atoms with E-state index in [9.17, 15) is 14.7 Å². The molecule has 1 amide bonds. The first-order chi connectivity index (χ1) is 14.2. The molecule has 30 heavy (non-hydrogen) atoms. The molecule has 0 aromatic heterocycles.